The van der Waals surface area contributed by atoms with Crippen molar-refractivity contribution in [3.8, 4) is 11.1 Å². The third-order valence-corrected chi connectivity index (χ3v) is 5.39. The zero-order chi connectivity index (χ0) is 21.5. The zero-order valence-electron chi connectivity index (χ0n) is 15.7. The van der Waals surface area contributed by atoms with E-state index in [1.807, 2.05) is 48.5 Å². The van der Waals surface area contributed by atoms with Crippen LogP contribution >= 0.6 is 0 Å². The van der Waals surface area contributed by atoms with Gasteiger partial charge in [0.2, 0.25) is 5.60 Å². The summed E-state index contributed by atoms with van der Waals surface area (Å²) in [6, 6.07) is 15.5. The Morgan fingerprint density at radius 1 is 1.03 bits per heavy atom. The molecule has 2 aromatic rings. The summed E-state index contributed by atoms with van der Waals surface area (Å²) in [5.74, 6) is -1.72. The molecular weight excluding hydrogens is 403 g/mol. The second-order valence-electron chi connectivity index (χ2n) is 7.36. The third kappa shape index (κ3) is 3.60. The number of rotatable bonds is 5. The number of aliphatic carboxylic acids is 1. The number of carbonyl (C=O) groups excluding carboxylic acids is 1. The van der Waals surface area contributed by atoms with Crippen LogP contribution < -0.4 is 0 Å². The van der Waals surface area contributed by atoms with Crippen molar-refractivity contribution in [2.45, 2.75) is 17.7 Å². The minimum absolute atomic E-state index is 0.0346. The first-order chi connectivity index (χ1) is 14.2. The summed E-state index contributed by atoms with van der Waals surface area (Å²) in [6.45, 7) is -2.67. The van der Waals surface area contributed by atoms with Gasteiger partial charge in [-0.05, 0) is 22.3 Å². The van der Waals surface area contributed by atoms with E-state index in [2.05, 4.69) is 4.74 Å². The number of benzene rings is 2. The lowest BCUT2D eigenvalue weighted by Crippen LogP contribution is -2.69. The summed E-state index contributed by atoms with van der Waals surface area (Å²) >= 11 is 0. The molecule has 1 N–H and O–H groups in total. The highest BCUT2D eigenvalue weighted by Crippen LogP contribution is 2.44. The van der Waals surface area contributed by atoms with Gasteiger partial charge in [0, 0.05) is 5.92 Å². The quantitative estimate of drug-likeness (QED) is 0.798. The SMILES string of the molecule is O=C(OCC1c2ccccc2-c2ccccc21)N1CC(OCC(F)(F)F)(C(=O)O)C1. The van der Waals surface area contributed by atoms with Crippen LogP contribution in [0.1, 0.15) is 17.0 Å². The molecule has 0 radical (unpaired) electrons. The van der Waals surface area contributed by atoms with Gasteiger partial charge < -0.3 is 19.5 Å². The number of fused-ring (bicyclic) bond motifs is 3. The number of carboxylic acids is 1. The second-order valence-corrected chi connectivity index (χ2v) is 7.36. The fourth-order valence-corrected chi connectivity index (χ4v) is 3.89. The normalized spacial score (nSPS) is 17.1. The average Bonchev–Trinajstić information content (AvgIpc) is 2.98. The Hall–Kier alpha value is -3.07. The number of carboxylic acid groups (broad SMARTS) is 1. The van der Waals surface area contributed by atoms with E-state index in [0.717, 1.165) is 27.2 Å². The fourth-order valence-electron chi connectivity index (χ4n) is 3.89. The Balaban J connectivity index is 1.40. The van der Waals surface area contributed by atoms with Crippen LogP contribution in [0.2, 0.25) is 0 Å². The van der Waals surface area contributed by atoms with Crippen molar-refractivity contribution in [2.75, 3.05) is 26.3 Å². The monoisotopic (exact) mass is 421 g/mol. The van der Waals surface area contributed by atoms with Crippen molar-refractivity contribution in [3.05, 3.63) is 59.7 Å². The molecular formula is C21H18F3NO5. The molecule has 1 amide bonds. The maximum Gasteiger partial charge on any atom is 0.411 e. The highest BCUT2D eigenvalue weighted by molar-refractivity contribution is 5.83. The molecule has 0 spiro atoms. The van der Waals surface area contributed by atoms with Crippen molar-refractivity contribution < 1.29 is 37.3 Å². The minimum atomic E-state index is -4.66. The van der Waals surface area contributed by atoms with Gasteiger partial charge in [0.1, 0.15) is 13.2 Å². The largest absolute Gasteiger partial charge is 0.479 e. The van der Waals surface area contributed by atoms with E-state index in [0.29, 0.717) is 0 Å². The first-order valence-corrected chi connectivity index (χ1v) is 9.24. The van der Waals surface area contributed by atoms with E-state index < -0.39 is 43.5 Å². The van der Waals surface area contributed by atoms with Gasteiger partial charge in [-0.2, -0.15) is 13.2 Å². The number of halogens is 3. The first kappa shape index (κ1) is 20.2. The third-order valence-electron chi connectivity index (χ3n) is 5.39. The van der Waals surface area contributed by atoms with Crippen LogP contribution in [0.3, 0.4) is 0 Å². The van der Waals surface area contributed by atoms with Crippen molar-refractivity contribution in [3.63, 3.8) is 0 Å². The maximum atomic E-state index is 12.4. The number of hydrogen-bond acceptors (Lipinski definition) is 4. The molecule has 2 aliphatic rings. The molecule has 0 bridgehead atoms. The lowest BCUT2D eigenvalue weighted by Gasteiger charge is -2.45. The molecule has 4 rings (SSSR count). The van der Waals surface area contributed by atoms with E-state index in [-0.39, 0.29) is 12.5 Å². The second kappa shape index (κ2) is 7.32. The van der Waals surface area contributed by atoms with Gasteiger partial charge in [-0.25, -0.2) is 9.59 Å². The molecule has 1 heterocycles. The summed E-state index contributed by atoms with van der Waals surface area (Å²) < 4.78 is 47.1. The lowest BCUT2D eigenvalue weighted by atomic mass is 9.94. The van der Waals surface area contributed by atoms with Crippen LogP contribution in [0.15, 0.2) is 48.5 Å². The first-order valence-electron chi connectivity index (χ1n) is 9.24. The van der Waals surface area contributed by atoms with Crippen LogP contribution in [0, 0.1) is 0 Å². The van der Waals surface area contributed by atoms with Crippen LogP contribution in [0.5, 0.6) is 0 Å². The number of alkyl halides is 3. The van der Waals surface area contributed by atoms with Crippen molar-refractivity contribution in [1.82, 2.24) is 4.90 Å². The van der Waals surface area contributed by atoms with Gasteiger partial charge in [-0.15, -0.1) is 0 Å². The molecule has 6 nitrogen and oxygen atoms in total. The number of hydrogen-bond donors (Lipinski definition) is 1. The van der Waals surface area contributed by atoms with E-state index in [9.17, 15) is 27.9 Å². The molecule has 0 aromatic heterocycles. The molecule has 2 aromatic carbocycles. The topological polar surface area (TPSA) is 76.1 Å². The smallest absolute Gasteiger partial charge is 0.411 e. The predicted octanol–water partition coefficient (Wildman–Crippen LogP) is 3.65. The molecule has 1 aliphatic carbocycles. The average molecular weight is 421 g/mol. The Bertz CT molecular complexity index is 939. The number of ether oxygens (including phenoxy) is 2. The Labute approximate surface area is 169 Å². The summed E-state index contributed by atoms with van der Waals surface area (Å²) in [5, 5.41) is 9.23. The van der Waals surface area contributed by atoms with Crippen LogP contribution in [0.4, 0.5) is 18.0 Å². The lowest BCUT2D eigenvalue weighted by molar-refractivity contribution is -0.232. The Kier molecular flexibility index (Phi) is 4.93. The summed E-state index contributed by atoms with van der Waals surface area (Å²) in [4.78, 5) is 24.7. The molecule has 1 saturated heterocycles. The summed E-state index contributed by atoms with van der Waals surface area (Å²) in [7, 11) is 0. The molecule has 0 atom stereocenters. The Morgan fingerprint density at radius 3 is 2.07 bits per heavy atom. The van der Waals surface area contributed by atoms with Crippen molar-refractivity contribution in [1.29, 1.82) is 0 Å². The number of carbonyl (C=O) groups is 2. The van der Waals surface area contributed by atoms with E-state index >= 15 is 0 Å². The molecule has 158 valence electrons. The maximum absolute atomic E-state index is 12.4. The van der Waals surface area contributed by atoms with Gasteiger partial charge in [0.15, 0.2) is 0 Å². The predicted molar refractivity (Wildman–Crippen MR) is 99.0 cm³/mol. The minimum Gasteiger partial charge on any atom is -0.479 e. The van der Waals surface area contributed by atoms with Crippen molar-refractivity contribution >= 4 is 12.1 Å². The van der Waals surface area contributed by atoms with Crippen LogP contribution in [0.25, 0.3) is 11.1 Å². The molecule has 0 unspecified atom stereocenters. The number of amides is 1. The summed E-state index contributed by atoms with van der Waals surface area (Å²) in [5.41, 5.74) is 2.08. The fraction of sp³-hybridized carbons (Fsp3) is 0.333. The van der Waals surface area contributed by atoms with E-state index in [1.54, 1.807) is 0 Å². The molecule has 1 fully saturated rings. The molecule has 9 heteroatoms. The highest BCUT2D eigenvalue weighted by Gasteiger charge is 2.55. The van der Waals surface area contributed by atoms with Crippen molar-refractivity contribution in [2.24, 2.45) is 0 Å². The van der Waals surface area contributed by atoms with Gasteiger partial charge in [-0.3, -0.25) is 0 Å². The molecule has 30 heavy (non-hydrogen) atoms. The highest BCUT2D eigenvalue weighted by atomic mass is 19.4. The Morgan fingerprint density at radius 2 is 1.57 bits per heavy atom. The standard InChI is InChI=1S/C21H18F3NO5/c22-21(23,24)12-30-20(18(26)27)10-25(11-20)19(28)29-9-17-15-7-3-1-5-13(15)14-6-2-4-8-16(14)17/h1-8,17H,9-12H2,(H,26,27). The van der Waals surface area contributed by atoms with E-state index in [4.69, 9.17) is 4.74 Å². The van der Waals surface area contributed by atoms with Crippen LogP contribution in [-0.2, 0) is 14.3 Å². The molecule has 0 saturated carbocycles. The number of nitrogens with zero attached hydrogens (tertiary/aromatic N) is 1. The van der Waals surface area contributed by atoms with Gasteiger partial charge in [0.05, 0.1) is 13.1 Å². The number of likely N-dealkylation sites (tertiary alicyclic amines) is 1. The summed E-state index contributed by atoms with van der Waals surface area (Å²) in [6.07, 6.45) is -5.45. The van der Waals surface area contributed by atoms with Crippen LogP contribution in [-0.4, -0.2) is 60.1 Å². The molecule has 1 aliphatic heterocycles. The van der Waals surface area contributed by atoms with Gasteiger partial charge in [0.25, 0.3) is 0 Å². The van der Waals surface area contributed by atoms with Gasteiger partial charge in [-0.1, -0.05) is 48.5 Å². The zero-order valence-corrected chi connectivity index (χ0v) is 15.7. The van der Waals surface area contributed by atoms with E-state index in [1.165, 1.54) is 0 Å². The van der Waals surface area contributed by atoms with Gasteiger partial charge >= 0.3 is 18.2 Å².